The van der Waals surface area contributed by atoms with Gasteiger partial charge in [-0.1, -0.05) is 38.1 Å². The third kappa shape index (κ3) is 4.87. The molecule has 1 aliphatic rings. The number of carbonyl (C=O) groups excluding carboxylic acids is 3. The molecule has 136 valence electrons. The van der Waals surface area contributed by atoms with Gasteiger partial charge in [0.15, 0.2) is 5.78 Å². The molecule has 0 radical (unpaired) electrons. The molecule has 0 aromatic heterocycles. The number of imide groups is 1. The minimum absolute atomic E-state index is 0.0961. The number of hydrogen-bond donors (Lipinski definition) is 1. The predicted octanol–water partition coefficient (Wildman–Crippen LogP) is 2.97. The summed E-state index contributed by atoms with van der Waals surface area (Å²) in [7, 11) is 0. The average molecular weight is 348 g/mol. The quantitative estimate of drug-likeness (QED) is 0.771. The lowest BCUT2D eigenvalue weighted by Crippen LogP contribution is -2.36. The zero-order valence-electron chi connectivity index (χ0n) is 15.1. The molecule has 1 aliphatic heterocycles. The van der Waals surface area contributed by atoms with E-state index < -0.39 is 17.7 Å². The molecule has 5 nitrogen and oxygen atoms in total. The van der Waals surface area contributed by atoms with Crippen LogP contribution >= 0.6 is 0 Å². The summed E-state index contributed by atoms with van der Waals surface area (Å²) in [5.41, 5.74) is -0.174. The molecule has 25 heavy (non-hydrogen) atoms. The SMILES string of the molecule is CC(C)CC1NC(=O)N(CC(=O)Cc2ccc(C(C)(C)F)cc2)C1=O. The van der Waals surface area contributed by atoms with Crippen LogP contribution in [0.3, 0.4) is 0 Å². The van der Waals surface area contributed by atoms with Gasteiger partial charge in [0, 0.05) is 6.42 Å². The normalized spacial score (nSPS) is 18.0. The fourth-order valence-corrected chi connectivity index (χ4v) is 2.84. The highest BCUT2D eigenvalue weighted by atomic mass is 19.1. The van der Waals surface area contributed by atoms with Gasteiger partial charge >= 0.3 is 6.03 Å². The highest BCUT2D eigenvalue weighted by molar-refractivity contribution is 6.06. The summed E-state index contributed by atoms with van der Waals surface area (Å²) < 4.78 is 13.8. The van der Waals surface area contributed by atoms with Crippen molar-refractivity contribution in [3.8, 4) is 0 Å². The molecule has 0 spiro atoms. The lowest BCUT2D eigenvalue weighted by molar-refractivity contribution is -0.131. The first-order chi connectivity index (χ1) is 11.6. The van der Waals surface area contributed by atoms with Crippen LogP contribution in [0.1, 0.15) is 45.2 Å². The third-order valence-electron chi connectivity index (χ3n) is 4.19. The topological polar surface area (TPSA) is 66.5 Å². The molecule has 1 fully saturated rings. The van der Waals surface area contributed by atoms with E-state index in [0.29, 0.717) is 12.0 Å². The van der Waals surface area contributed by atoms with E-state index >= 15 is 0 Å². The lowest BCUT2D eigenvalue weighted by atomic mass is 9.97. The van der Waals surface area contributed by atoms with Crippen LogP contribution in [0.4, 0.5) is 9.18 Å². The molecule has 1 atom stereocenters. The number of carbonyl (C=O) groups is 3. The molecule has 3 amide bonds. The standard InChI is InChI=1S/C19H25FN2O3/c1-12(2)9-16-17(24)22(18(25)21-16)11-15(23)10-13-5-7-14(8-6-13)19(3,4)20/h5-8,12,16H,9-11H2,1-4H3,(H,21,25). The first-order valence-electron chi connectivity index (χ1n) is 8.50. The van der Waals surface area contributed by atoms with Crippen molar-refractivity contribution >= 4 is 17.7 Å². The van der Waals surface area contributed by atoms with Crippen molar-refractivity contribution < 1.29 is 18.8 Å². The van der Waals surface area contributed by atoms with Crippen LogP contribution in [0.2, 0.25) is 0 Å². The predicted molar refractivity (Wildman–Crippen MR) is 92.8 cm³/mol. The summed E-state index contributed by atoms with van der Waals surface area (Å²) in [4.78, 5) is 37.4. The van der Waals surface area contributed by atoms with Gasteiger partial charge in [-0.2, -0.15) is 0 Å². The highest BCUT2D eigenvalue weighted by Crippen LogP contribution is 2.24. The molecule has 6 heteroatoms. The van der Waals surface area contributed by atoms with E-state index in [1.165, 1.54) is 13.8 Å². The number of rotatable bonds is 7. The second-order valence-corrected chi connectivity index (χ2v) is 7.44. The van der Waals surface area contributed by atoms with Gasteiger partial charge in [-0.3, -0.25) is 14.5 Å². The van der Waals surface area contributed by atoms with E-state index in [4.69, 9.17) is 0 Å². The number of alkyl halides is 1. The van der Waals surface area contributed by atoms with E-state index in [-0.39, 0.29) is 30.6 Å². The lowest BCUT2D eigenvalue weighted by Gasteiger charge is -2.15. The number of ketones is 1. The average Bonchev–Trinajstić information content (AvgIpc) is 2.74. The maximum atomic E-state index is 13.8. The van der Waals surface area contributed by atoms with E-state index in [2.05, 4.69) is 5.32 Å². The van der Waals surface area contributed by atoms with Crippen LogP contribution in [0, 0.1) is 5.92 Å². The molecule has 0 saturated carbocycles. The zero-order valence-corrected chi connectivity index (χ0v) is 15.1. The molecule has 1 saturated heterocycles. The van der Waals surface area contributed by atoms with Crippen molar-refractivity contribution in [2.75, 3.05) is 6.54 Å². The van der Waals surface area contributed by atoms with Crippen LogP contribution in [0.25, 0.3) is 0 Å². The molecule has 1 N–H and O–H groups in total. The molecule has 1 unspecified atom stereocenters. The maximum absolute atomic E-state index is 13.8. The fraction of sp³-hybridized carbons (Fsp3) is 0.526. The summed E-state index contributed by atoms with van der Waals surface area (Å²) in [6.45, 7) is 6.64. The molecule has 1 heterocycles. The number of benzene rings is 1. The summed E-state index contributed by atoms with van der Waals surface area (Å²) in [5, 5.41) is 2.62. The number of nitrogens with zero attached hydrogens (tertiary/aromatic N) is 1. The van der Waals surface area contributed by atoms with E-state index in [1.807, 2.05) is 13.8 Å². The van der Waals surface area contributed by atoms with Crippen molar-refractivity contribution in [1.29, 1.82) is 0 Å². The number of halogens is 1. The smallest absolute Gasteiger partial charge is 0.325 e. The first kappa shape index (κ1) is 19.1. The molecule has 1 aromatic rings. The van der Waals surface area contributed by atoms with Gasteiger partial charge in [-0.25, -0.2) is 9.18 Å². The van der Waals surface area contributed by atoms with Crippen molar-refractivity contribution in [1.82, 2.24) is 10.2 Å². The fourth-order valence-electron chi connectivity index (χ4n) is 2.84. The number of nitrogens with one attached hydrogen (secondary N) is 1. The minimum atomic E-state index is -1.44. The van der Waals surface area contributed by atoms with Crippen molar-refractivity contribution in [2.45, 2.75) is 52.2 Å². The van der Waals surface area contributed by atoms with Crippen LogP contribution in [0.15, 0.2) is 24.3 Å². The van der Waals surface area contributed by atoms with Gasteiger partial charge < -0.3 is 5.32 Å². The Morgan fingerprint density at radius 3 is 2.36 bits per heavy atom. The molecular weight excluding hydrogens is 323 g/mol. The van der Waals surface area contributed by atoms with Gasteiger partial charge in [0.1, 0.15) is 11.7 Å². The number of amides is 3. The molecule has 0 aliphatic carbocycles. The van der Waals surface area contributed by atoms with Gasteiger partial charge in [0.2, 0.25) is 0 Å². The summed E-state index contributed by atoms with van der Waals surface area (Å²) in [5.74, 6) is -0.314. The summed E-state index contributed by atoms with van der Waals surface area (Å²) >= 11 is 0. The maximum Gasteiger partial charge on any atom is 0.325 e. The van der Waals surface area contributed by atoms with Crippen molar-refractivity contribution in [3.05, 3.63) is 35.4 Å². The van der Waals surface area contributed by atoms with Gasteiger partial charge in [0.25, 0.3) is 5.91 Å². The highest BCUT2D eigenvalue weighted by Gasteiger charge is 2.38. The van der Waals surface area contributed by atoms with Crippen LogP contribution in [-0.2, 0) is 21.7 Å². The monoisotopic (exact) mass is 348 g/mol. The molecule has 0 bridgehead atoms. The van der Waals surface area contributed by atoms with Crippen molar-refractivity contribution in [2.24, 2.45) is 5.92 Å². The summed E-state index contributed by atoms with van der Waals surface area (Å²) in [6, 6.07) is 5.62. The van der Waals surface area contributed by atoms with E-state index in [1.54, 1.807) is 24.3 Å². The number of Topliss-reactive ketones (excluding diaryl/α,β-unsaturated/α-hetero) is 1. The Kier molecular flexibility index (Phi) is 5.60. The zero-order chi connectivity index (χ0) is 18.8. The van der Waals surface area contributed by atoms with E-state index in [0.717, 1.165) is 10.5 Å². The largest absolute Gasteiger partial charge is 0.326 e. The Bertz CT molecular complexity index is 662. The van der Waals surface area contributed by atoms with Crippen LogP contribution in [0.5, 0.6) is 0 Å². The second-order valence-electron chi connectivity index (χ2n) is 7.44. The van der Waals surface area contributed by atoms with Gasteiger partial charge in [0.05, 0.1) is 6.54 Å². The summed E-state index contributed by atoms with van der Waals surface area (Å²) in [6.07, 6.45) is 0.647. The Balaban J connectivity index is 1.96. The number of hydrogen-bond acceptors (Lipinski definition) is 3. The first-order valence-corrected chi connectivity index (χ1v) is 8.50. The third-order valence-corrected chi connectivity index (χ3v) is 4.19. The minimum Gasteiger partial charge on any atom is -0.326 e. The molecule has 2 rings (SSSR count). The Labute approximate surface area is 147 Å². The second kappa shape index (κ2) is 7.33. The molecular formula is C19H25FN2O3. The Morgan fingerprint density at radius 1 is 1.24 bits per heavy atom. The van der Waals surface area contributed by atoms with Crippen molar-refractivity contribution in [3.63, 3.8) is 0 Å². The Hall–Kier alpha value is -2.24. The van der Waals surface area contributed by atoms with Gasteiger partial charge in [-0.15, -0.1) is 0 Å². The van der Waals surface area contributed by atoms with Gasteiger partial charge in [-0.05, 0) is 37.3 Å². The molecule has 1 aromatic carbocycles. The number of urea groups is 1. The Morgan fingerprint density at radius 2 is 1.84 bits per heavy atom. The van der Waals surface area contributed by atoms with Crippen LogP contribution in [-0.4, -0.2) is 35.2 Å². The van der Waals surface area contributed by atoms with Crippen LogP contribution < -0.4 is 5.32 Å². The van der Waals surface area contributed by atoms with E-state index in [9.17, 15) is 18.8 Å².